The first-order valence-electron chi connectivity index (χ1n) is 23.4. The van der Waals surface area contributed by atoms with Gasteiger partial charge in [-0.1, -0.05) is 81.7 Å². The third kappa shape index (κ3) is 13.1. The van der Waals surface area contributed by atoms with Gasteiger partial charge in [-0.05, 0) is 137 Å². The second-order valence-corrected chi connectivity index (χ2v) is 26.0. The van der Waals surface area contributed by atoms with Gasteiger partial charge >= 0.3 is 21.1 Å². The Balaban J connectivity index is 0.000000197. The summed E-state index contributed by atoms with van der Waals surface area (Å²) in [4.78, 5) is 34.7. The lowest BCUT2D eigenvalue weighted by atomic mass is 9.49. The van der Waals surface area contributed by atoms with Crippen molar-refractivity contribution in [3.63, 3.8) is 0 Å². The molecule has 2 N–H and O–H groups in total. The summed E-state index contributed by atoms with van der Waals surface area (Å²) in [5.41, 5.74) is 3.19. The number of aryl methyl sites for hydroxylation is 2. The van der Waals surface area contributed by atoms with Crippen molar-refractivity contribution in [2.24, 2.45) is 0 Å². The normalized spacial score (nSPS) is 19.8. The topological polar surface area (TPSA) is 139 Å². The predicted octanol–water partition coefficient (Wildman–Crippen LogP) is 10.7. The van der Waals surface area contributed by atoms with Gasteiger partial charge < -0.3 is 38.6 Å². The molecule has 18 heteroatoms. The highest BCUT2D eigenvalue weighted by atomic mass is 79.9. The molecule has 0 unspecified atom stereocenters. The van der Waals surface area contributed by atoms with E-state index >= 15 is 0 Å². The van der Waals surface area contributed by atoms with Crippen LogP contribution in [-0.2, 0) is 51.8 Å². The summed E-state index contributed by atoms with van der Waals surface area (Å²) in [6.45, 7) is 42.1. The minimum atomic E-state index is -0.476. The van der Waals surface area contributed by atoms with Crippen molar-refractivity contribution in [3.8, 4) is 0 Å². The number of hydrogen-bond donors (Lipinski definition) is 2. The Morgan fingerprint density at radius 3 is 1.22 bits per heavy atom. The molecule has 4 aromatic rings. The lowest BCUT2D eigenvalue weighted by Crippen LogP contribution is -2.41. The molecule has 2 aromatic carbocycles. The lowest BCUT2D eigenvalue weighted by molar-refractivity contribution is 0.00578. The highest BCUT2D eigenvalue weighted by Gasteiger charge is 2.63. The zero-order valence-corrected chi connectivity index (χ0v) is 47.3. The van der Waals surface area contributed by atoms with Crippen molar-refractivity contribution in [2.75, 3.05) is 0 Å². The van der Waals surface area contributed by atoms with Gasteiger partial charge in [-0.25, -0.2) is 9.97 Å². The molecule has 0 aliphatic carbocycles. The fraction of sp³-hybridized carbons (Fsp3) is 0.600. The summed E-state index contributed by atoms with van der Waals surface area (Å²) in [5, 5.41) is 7.90. The number of rotatable bonds is 8. The van der Waals surface area contributed by atoms with E-state index in [9.17, 15) is 9.59 Å². The summed E-state index contributed by atoms with van der Waals surface area (Å²) in [5.74, 6) is -0.155. The van der Waals surface area contributed by atoms with E-state index in [-0.39, 0.29) is 63.4 Å². The Bertz CT molecular complexity index is 2360. The van der Waals surface area contributed by atoms with Gasteiger partial charge in [0.1, 0.15) is 9.75 Å². The van der Waals surface area contributed by atoms with Crippen molar-refractivity contribution in [1.29, 1.82) is 0 Å². The maximum Gasteiger partial charge on any atom is 0.494 e. The van der Waals surface area contributed by atoms with Gasteiger partial charge in [0, 0.05) is 28.4 Å². The number of carbonyl (C=O) groups excluding carboxylic acids is 2. The fourth-order valence-corrected chi connectivity index (χ4v) is 9.13. The first-order valence-corrected chi connectivity index (χ1v) is 25.8. The molecule has 5 heterocycles. The van der Waals surface area contributed by atoms with E-state index in [0.717, 1.165) is 42.2 Å². The van der Waals surface area contributed by atoms with Crippen LogP contribution in [0.4, 0.5) is 0 Å². The standard InChI is InChI=1S/C22H31BN2O3S.C16H19BrN2OS.C12H24B2O4/c1-14-11-16(23-27-21(5,6)22(7,8)28-23)10-9-15(14)12-24-18(26)17-13-25-19(29-17)20(2,3)4;1-10-7-12(17)6-5-11(10)8-18-14(20)13-9-19-15(21-13)16(2,3)4;1-9(2)10(3,4)16-13(15-9)14-17-11(5,6)12(7,8)18-14/h9-11,13H,12H2,1-8H3,(H,24,26);5-7,9H,8H2,1-4H3,(H,18,20);1-8H3. The van der Waals surface area contributed by atoms with Crippen LogP contribution in [0.5, 0.6) is 0 Å². The molecule has 3 aliphatic heterocycles. The van der Waals surface area contributed by atoms with Crippen molar-refractivity contribution in [2.45, 2.75) is 196 Å². The second-order valence-electron chi connectivity index (χ2n) is 23.0. The average Bonchev–Trinajstić information content (AvgIpc) is 4.01. The zero-order chi connectivity index (χ0) is 51.2. The number of benzene rings is 2. The fourth-order valence-electron chi connectivity index (χ4n) is 6.88. The molecule has 370 valence electrons. The number of amides is 2. The number of nitrogens with zero attached hydrogens (tertiary/aromatic N) is 2. The first-order chi connectivity index (χ1) is 30.9. The molecule has 0 bridgehead atoms. The summed E-state index contributed by atoms with van der Waals surface area (Å²) in [7, 11) is -1.33. The predicted molar refractivity (Wildman–Crippen MR) is 282 cm³/mol. The van der Waals surface area contributed by atoms with Crippen molar-refractivity contribution >= 4 is 77.0 Å². The Kier molecular flexibility index (Phi) is 16.7. The van der Waals surface area contributed by atoms with Crippen LogP contribution < -0.4 is 16.1 Å². The zero-order valence-electron chi connectivity index (χ0n) is 44.1. The third-order valence-electron chi connectivity index (χ3n) is 13.6. The van der Waals surface area contributed by atoms with Gasteiger partial charge in [-0.2, -0.15) is 0 Å². The molecular weight excluding hydrogens is 961 g/mol. The van der Waals surface area contributed by atoms with E-state index in [1.54, 1.807) is 12.4 Å². The molecule has 0 spiro atoms. The lowest BCUT2D eigenvalue weighted by Gasteiger charge is -2.32. The van der Waals surface area contributed by atoms with Crippen LogP contribution in [-0.4, -0.2) is 76.5 Å². The number of halogens is 1. The Morgan fingerprint density at radius 2 is 0.897 bits per heavy atom. The van der Waals surface area contributed by atoms with Crippen molar-refractivity contribution in [3.05, 3.63) is 95.3 Å². The number of hydrogen-bond acceptors (Lipinski definition) is 12. The number of thiazole rings is 2. The van der Waals surface area contributed by atoms with E-state index in [1.807, 2.05) is 127 Å². The smallest absolute Gasteiger partial charge is 0.405 e. The monoisotopic (exact) mass is 1030 g/mol. The van der Waals surface area contributed by atoms with Crippen molar-refractivity contribution < 1.29 is 37.5 Å². The average molecular weight is 1040 g/mol. The van der Waals surface area contributed by atoms with Crippen LogP contribution in [0.3, 0.4) is 0 Å². The quantitative estimate of drug-likeness (QED) is 0.164. The van der Waals surface area contributed by atoms with Gasteiger partial charge in [0.05, 0.1) is 56.0 Å². The van der Waals surface area contributed by atoms with E-state index in [0.29, 0.717) is 22.8 Å². The Morgan fingerprint density at radius 1 is 0.559 bits per heavy atom. The van der Waals surface area contributed by atoms with E-state index < -0.39 is 14.0 Å². The third-order valence-corrected chi connectivity index (χ3v) is 16.9. The van der Waals surface area contributed by atoms with E-state index in [2.05, 4.69) is 84.1 Å². The molecule has 0 atom stereocenters. The highest BCUT2D eigenvalue weighted by molar-refractivity contribution is 9.10. The highest BCUT2D eigenvalue weighted by Crippen LogP contribution is 2.43. The number of nitrogens with one attached hydrogen (secondary N) is 2. The Labute approximate surface area is 424 Å². The minimum Gasteiger partial charge on any atom is -0.405 e. The van der Waals surface area contributed by atoms with Crippen LogP contribution in [0.25, 0.3) is 0 Å². The van der Waals surface area contributed by atoms with Crippen LogP contribution in [0.1, 0.15) is 176 Å². The molecule has 12 nitrogen and oxygen atoms in total. The molecule has 0 saturated carbocycles. The van der Waals surface area contributed by atoms with Gasteiger partial charge in [-0.15, -0.1) is 22.7 Å². The Hall–Kier alpha value is -2.93. The summed E-state index contributed by atoms with van der Waals surface area (Å²) in [6.07, 6.45) is 3.32. The molecule has 2 amide bonds. The number of carbonyl (C=O) groups is 2. The maximum atomic E-state index is 12.5. The van der Waals surface area contributed by atoms with E-state index in [1.165, 1.54) is 22.7 Å². The molecule has 0 radical (unpaired) electrons. The molecule has 68 heavy (non-hydrogen) atoms. The van der Waals surface area contributed by atoms with Crippen LogP contribution >= 0.6 is 38.6 Å². The minimum absolute atomic E-state index is 0.0223. The van der Waals surface area contributed by atoms with E-state index in [4.69, 9.17) is 27.9 Å². The molecule has 3 saturated heterocycles. The summed E-state index contributed by atoms with van der Waals surface area (Å²) < 4.78 is 37.2. The maximum absolute atomic E-state index is 12.5. The molecule has 3 fully saturated rings. The summed E-state index contributed by atoms with van der Waals surface area (Å²) >= 11 is 6.35. The van der Waals surface area contributed by atoms with Crippen LogP contribution in [0.15, 0.2) is 53.3 Å². The SMILES string of the molecule is CC1(C)OB(B2OC(C)(C)C(C)(C)O2)OC1(C)C.Cc1cc(B2OC(C)(C)C(C)(C)O2)ccc1CNC(=O)c1cnc(C(C)(C)C)s1.Cc1cc(Br)ccc1CNC(=O)c1cnc(C(C)(C)C)s1. The second kappa shape index (κ2) is 20.3. The van der Waals surface area contributed by atoms with Gasteiger partial charge in [0.15, 0.2) is 0 Å². The van der Waals surface area contributed by atoms with Gasteiger partial charge in [-0.3, -0.25) is 9.59 Å². The molecule has 7 rings (SSSR count). The van der Waals surface area contributed by atoms with Crippen LogP contribution in [0.2, 0.25) is 0 Å². The van der Waals surface area contributed by atoms with Gasteiger partial charge in [0.25, 0.3) is 11.8 Å². The van der Waals surface area contributed by atoms with Crippen molar-refractivity contribution in [1.82, 2.24) is 20.6 Å². The number of aromatic nitrogens is 2. The molecule has 3 aliphatic rings. The molecular formula is C50H74B3BrN4O8S2. The first kappa shape index (κ1) is 56.0. The summed E-state index contributed by atoms with van der Waals surface area (Å²) in [6, 6.07) is 12.2. The molecule has 2 aromatic heterocycles. The largest absolute Gasteiger partial charge is 0.494 e. The van der Waals surface area contributed by atoms with Crippen LogP contribution in [0, 0.1) is 13.8 Å². The van der Waals surface area contributed by atoms with Gasteiger partial charge in [0.2, 0.25) is 0 Å².